The van der Waals surface area contributed by atoms with Crippen molar-refractivity contribution in [1.29, 1.82) is 0 Å². The highest BCUT2D eigenvalue weighted by molar-refractivity contribution is 6.31. The Hall–Kier alpha value is -1.61. The molecule has 0 unspecified atom stereocenters. The van der Waals surface area contributed by atoms with Crippen LogP contribution in [0.5, 0.6) is 0 Å². The molecule has 3 nitrogen and oxygen atoms in total. The van der Waals surface area contributed by atoms with Crippen LogP contribution in [-0.2, 0) is 12.8 Å². The van der Waals surface area contributed by atoms with E-state index in [0.717, 1.165) is 34.3 Å². The zero-order chi connectivity index (χ0) is 13.0. The minimum absolute atomic E-state index is 0.655. The molecule has 18 heavy (non-hydrogen) atoms. The summed E-state index contributed by atoms with van der Waals surface area (Å²) in [6.45, 7) is 2.08. The first kappa shape index (κ1) is 12.8. The van der Waals surface area contributed by atoms with Crippen molar-refractivity contribution >= 4 is 17.4 Å². The molecular weight excluding hydrogens is 246 g/mol. The molecular formula is C14H16ClN3. The van der Waals surface area contributed by atoms with Crippen molar-refractivity contribution in [3.63, 3.8) is 0 Å². The van der Waals surface area contributed by atoms with Gasteiger partial charge in [-0.2, -0.15) is 0 Å². The second-order valence-corrected chi connectivity index (χ2v) is 4.44. The summed E-state index contributed by atoms with van der Waals surface area (Å²) in [6.07, 6.45) is 1.55. The van der Waals surface area contributed by atoms with Gasteiger partial charge in [0, 0.05) is 30.3 Å². The molecule has 0 spiro atoms. The zero-order valence-corrected chi connectivity index (χ0v) is 11.3. The van der Waals surface area contributed by atoms with E-state index in [4.69, 9.17) is 11.6 Å². The molecule has 0 atom stereocenters. The Bertz CT molecular complexity index is 518. The van der Waals surface area contributed by atoms with Crippen LogP contribution < -0.4 is 5.32 Å². The second-order valence-electron chi connectivity index (χ2n) is 4.03. The van der Waals surface area contributed by atoms with E-state index in [1.165, 1.54) is 0 Å². The molecule has 0 aliphatic heterocycles. The van der Waals surface area contributed by atoms with Crippen LogP contribution in [0.2, 0.25) is 5.02 Å². The topological polar surface area (TPSA) is 37.8 Å². The van der Waals surface area contributed by atoms with E-state index in [0.29, 0.717) is 6.42 Å². The maximum atomic E-state index is 6.15. The Morgan fingerprint density at radius 1 is 1.22 bits per heavy atom. The Morgan fingerprint density at radius 2 is 2.00 bits per heavy atom. The van der Waals surface area contributed by atoms with Gasteiger partial charge in [-0.05, 0) is 18.1 Å². The third kappa shape index (κ3) is 2.99. The molecule has 0 aliphatic rings. The molecule has 0 aliphatic carbocycles. The first-order chi connectivity index (χ1) is 8.72. The van der Waals surface area contributed by atoms with Crippen molar-refractivity contribution in [3.05, 3.63) is 52.4 Å². The van der Waals surface area contributed by atoms with Gasteiger partial charge in [0.25, 0.3) is 0 Å². The van der Waals surface area contributed by atoms with E-state index in [-0.39, 0.29) is 0 Å². The van der Waals surface area contributed by atoms with Gasteiger partial charge in [-0.3, -0.25) is 0 Å². The van der Waals surface area contributed by atoms with Gasteiger partial charge in [0.15, 0.2) is 0 Å². The first-order valence-electron chi connectivity index (χ1n) is 6.01. The van der Waals surface area contributed by atoms with E-state index in [1.54, 1.807) is 0 Å². The van der Waals surface area contributed by atoms with Gasteiger partial charge in [-0.25, -0.2) is 9.97 Å². The number of halogens is 1. The molecule has 1 N–H and O–H groups in total. The minimum Gasteiger partial charge on any atom is -0.373 e. The molecule has 2 aromatic rings. The van der Waals surface area contributed by atoms with E-state index >= 15 is 0 Å². The average molecular weight is 262 g/mol. The molecule has 2 rings (SSSR count). The predicted molar refractivity (Wildman–Crippen MR) is 75.2 cm³/mol. The number of hydrogen-bond donors (Lipinski definition) is 1. The molecule has 0 bridgehead atoms. The Labute approximate surface area is 112 Å². The standard InChI is InChI=1S/C14H16ClN3/c1-3-11-9-13(16-2)18-14(17-11)8-10-6-4-5-7-12(10)15/h4-7,9H,3,8H2,1-2H3,(H,16,17,18). The summed E-state index contributed by atoms with van der Waals surface area (Å²) in [5.74, 6) is 1.65. The van der Waals surface area contributed by atoms with Crippen molar-refractivity contribution in [2.75, 3.05) is 12.4 Å². The highest BCUT2D eigenvalue weighted by atomic mass is 35.5. The molecule has 0 saturated carbocycles. The van der Waals surface area contributed by atoms with Gasteiger partial charge in [0.2, 0.25) is 0 Å². The number of rotatable bonds is 4. The van der Waals surface area contributed by atoms with Gasteiger partial charge in [-0.1, -0.05) is 36.7 Å². The van der Waals surface area contributed by atoms with Crippen LogP contribution in [0, 0.1) is 0 Å². The summed E-state index contributed by atoms with van der Waals surface area (Å²) in [7, 11) is 1.86. The number of aromatic nitrogens is 2. The van der Waals surface area contributed by atoms with Crippen LogP contribution in [0.4, 0.5) is 5.82 Å². The lowest BCUT2D eigenvalue weighted by Crippen LogP contribution is -2.04. The quantitative estimate of drug-likeness (QED) is 0.917. The number of aryl methyl sites for hydroxylation is 1. The molecule has 0 saturated heterocycles. The van der Waals surface area contributed by atoms with E-state index in [2.05, 4.69) is 22.2 Å². The lowest BCUT2D eigenvalue weighted by molar-refractivity contribution is 0.908. The number of hydrogen-bond acceptors (Lipinski definition) is 3. The van der Waals surface area contributed by atoms with Gasteiger partial charge < -0.3 is 5.32 Å². The monoisotopic (exact) mass is 261 g/mol. The normalized spacial score (nSPS) is 10.4. The fourth-order valence-corrected chi connectivity index (χ4v) is 1.96. The molecule has 4 heteroatoms. The fraction of sp³-hybridized carbons (Fsp3) is 0.286. The highest BCUT2D eigenvalue weighted by Gasteiger charge is 2.06. The summed E-state index contributed by atoms with van der Waals surface area (Å²) in [5, 5.41) is 3.82. The summed E-state index contributed by atoms with van der Waals surface area (Å²) in [5.41, 5.74) is 2.09. The van der Waals surface area contributed by atoms with Crippen LogP contribution in [0.1, 0.15) is 24.0 Å². The molecule has 1 heterocycles. The Kier molecular flexibility index (Phi) is 4.15. The number of nitrogens with one attached hydrogen (secondary N) is 1. The van der Waals surface area contributed by atoms with E-state index in [9.17, 15) is 0 Å². The van der Waals surface area contributed by atoms with Crippen LogP contribution >= 0.6 is 11.6 Å². The molecule has 1 aromatic carbocycles. The Balaban J connectivity index is 2.31. The van der Waals surface area contributed by atoms with Crippen LogP contribution in [-0.4, -0.2) is 17.0 Å². The third-order valence-electron chi connectivity index (χ3n) is 2.75. The highest BCUT2D eigenvalue weighted by Crippen LogP contribution is 2.18. The summed E-state index contributed by atoms with van der Waals surface area (Å²) >= 11 is 6.15. The molecule has 94 valence electrons. The second kappa shape index (κ2) is 5.83. The average Bonchev–Trinajstić information content (AvgIpc) is 2.41. The largest absolute Gasteiger partial charge is 0.373 e. The smallest absolute Gasteiger partial charge is 0.135 e. The van der Waals surface area contributed by atoms with Gasteiger partial charge in [0.05, 0.1) is 0 Å². The third-order valence-corrected chi connectivity index (χ3v) is 3.12. The maximum absolute atomic E-state index is 6.15. The van der Waals surface area contributed by atoms with Crippen molar-refractivity contribution < 1.29 is 0 Å². The van der Waals surface area contributed by atoms with Crippen molar-refractivity contribution in [3.8, 4) is 0 Å². The van der Waals surface area contributed by atoms with Crippen LogP contribution in [0.25, 0.3) is 0 Å². The molecule has 0 fully saturated rings. The predicted octanol–water partition coefficient (Wildman–Crippen LogP) is 3.32. The van der Waals surface area contributed by atoms with Crippen LogP contribution in [0.3, 0.4) is 0 Å². The fourth-order valence-electron chi connectivity index (χ4n) is 1.75. The van der Waals surface area contributed by atoms with Crippen LogP contribution in [0.15, 0.2) is 30.3 Å². The van der Waals surface area contributed by atoms with Crippen molar-refractivity contribution in [2.45, 2.75) is 19.8 Å². The molecule has 0 amide bonds. The van der Waals surface area contributed by atoms with Gasteiger partial charge in [-0.15, -0.1) is 0 Å². The van der Waals surface area contributed by atoms with Crippen molar-refractivity contribution in [2.24, 2.45) is 0 Å². The summed E-state index contributed by atoms with van der Waals surface area (Å²) in [6, 6.07) is 9.76. The summed E-state index contributed by atoms with van der Waals surface area (Å²) < 4.78 is 0. The summed E-state index contributed by atoms with van der Waals surface area (Å²) in [4.78, 5) is 8.98. The SMILES string of the molecule is CCc1cc(NC)nc(Cc2ccccc2Cl)n1. The lowest BCUT2D eigenvalue weighted by atomic mass is 10.1. The number of anilines is 1. The van der Waals surface area contributed by atoms with Crippen molar-refractivity contribution in [1.82, 2.24) is 9.97 Å². The maximum Gasteiger partial charge on any atom is 0.135 e. The number of nitrogens with zero attached hydrogens (tertiary/aromatic N) is 2. The van der Waals surface area contributed by atoms with Gasteiger partial charge in [0.1, 0.15) is 11.6 Å². The number of benzene rings is 1. The van der Waals surface area contributed by atoms with Gasteiger partial charge >= 0.3 is 0 Å². The van der Waals surface area contributed by atoms with E-state index < -0.39 is 0 Å². The molecule has 0 radical (unpaired) electrons. The Morgan fingerprint density at radius 3 is 2.67 bits per heavy atom. The lowest BCUT2D eigenvalue weighted by Gasteiger charge is -2.07. The minimum atomic E-state index is 0.655. The van der Waals surface area contributed by atoms with E-state index in [1.807, 2.05) is 37.4 Å². The molecule has 1 aromatic heterocycles. The zero-order valence-electron chi connectivity index (χ0n) is 10.6. The first-order valence-corrected chi connectivity index (χ1v) is 6.38.